The van der Waals surface area contributed by atoms with E-state index in [9.17, 15) is 8.78 Å². The van der Waals surface area contributed by atoms with Gasteiger partial charge in [-0.3, -0.25) is 9.80 Å². The van der Waals surface area contributed by atoms with Crippen LogP contribution in [0.5, 0.6) is 0 Å². The highest BCUT2D eigenvalue weighted by Gasteiger charge is 2.26. The van der Waals surface area contributed by atoms with Gasteiger partial charge in [0.1, 0.15) is 0 Å². The van der Waals surface area contributed by atoms with Crippen molar-refractivity contribution in [3.63, 3.8) is 0 Å². The SMILES string of the molecule is Fc1cccc(CN2CCN([C@@H]3CCNC3)CC2)c1F. The number of piperazine rings is 1. The van der Waals surface area contributed by atoms with Gasteiger partial charge in [-0.05, 0) is 19.0 Å². The van der Waals surface area contributed by atoms with Gasteiger partial charge in [0.15, 0.2) is 11.6 Å². The summed E-state index contributed by atoms with van der Waals surface area (Å²) in [5, 5.41) is 3.39. The van der Waals surface area contributed by atoms with Crippen molar-refractivity contribution in [2.24, 2.45) is 0 Å². The van der Waals surface area contributed by atoms with Gasteiger partial charge in [-0.1, -0.05) is 12.1 Å². The van der Waals surface area contributed by atoms with Crippen LogP contribution >= 0.6 is 0 Å². The first-order valence-corrected chi connectivity index (χ1v) is 7.34. The maximum absolute atomic E-state index is 13.7. The van der Waals surface area contributed by atoms with E-state index in [2.05, 4.69) is 15.1 Å². The summed E-state index contributed by atoms with van der Waals surface area (Å²) in [6.07, 6.45) is 1.22. The third kappa shape index (κ3) is 3.00. The van der Waals surface area contributed by atoms with E-state index in [1.54, 1.807) is 12.1 Å². The summed E-state index contributed by atoms with van der Waals surface area (Å²) in [4.78, 5) is 4.72. The lowest BCUT2D eigenvalue weighted by Crippen LogP contribution is -2.50. The summed E-state index contributed by atoms with van der Waals surface area (Å²) in [6, 6.07) is 5.08. The van der Waals surface area contributed by atoms with Crippen molar-refractivity contribution in [3.8, 4) is 0 Å². The maximum atomic E-state index is 13.7. The second kappa shape index (κ2) is 6.16. The van der Waals surface area contributed by atoms with E-state index >= 15 is 0 Å². The van der Waals surface area contributed by atoms with E-state index in [0.717, 1.165) is 39.3 Å². The monoisotopic (exact) mass is 281 g/mol. The quantitative estimate of drug-likeness (QED) is 0.904. The molecular weight excluding hydrogens is 260 g/mol. The minimum absolute atomic E-state index is 0.459. The van der Waals surface area contributed by atoms with Gasteiger partial charge in [-0.25, -0.2) is 8.78 Å². The van der Waals surface area contributed by atoms with Crippen molar-refractivity contribution < 1.29 is 8.78 Å². The Morgan fingerprint density at radius 1 is 1.15 bits per heavy atom. The van der Waals surface area contributed by atoms with Crippen LogP contribution in [0, 0.1) is 11.6 Å². The molecule has 0 aliphatic carbocycles. The van der Waals surface area contributed by atoms with Gasteiger partial charge in [-0.2, -0.15) is 0 Å². The molecular formula is C15H21F2N3. The fourth-order valence-corrected chi connectivity index (χ4v) is 3.15. The van der Waals surface area contributed by atoms with Gasteiger partial charge in [0.05, 0.1) is 0 Å². The number of rotatable bonds is 3. The lowest BCUT2D eigenvalue weighted by atomic mass is 10.1. The predicted octanol–water partition coefficient (Wildman–Crippen LogP) is 1.44. The molecule has 0 saturated carbocycles. The molecule has 2 aliphatic rings. The summed E-state index contributed by atoms with van der Waals surface area (Å²) in [5.41, 5.74) is 0.459. The summed E-state index contributed by atoms with van der Waals surface area (Å²) in [5.74, 6) is -1.45. The molecule has 1 aromatic carbocycles. The van der Waals surface area contributed by atoms with Crippen LogP contribution in [-0.4, -0.2) is 55.1 Å². The molecule has 3 nitrogen and oxygen atoms in total. The molecule has 0 spiro atoms. The molecule has 0 bridgehead atoms. The standard InChI is InChI=1S/C15H21F2N3/c16-14-3-1-2-12(15(14)17)11-19-6-8-20(9-7-19)13-4-5-18-10-13/h1-3,13,18H,4-11H2/t13-/m1/s1. The van der Waals surface area contributed by atoms with Gasteiger partial charge in [0.25, 0.3) is 0 Å². The second-order valence-electron chi connectivity index (χ2n) is 5.67. The van der Waals surface area contributed by atoms with E-state index in [1.807, 2.05) is 0 Å². The largest absolute Gasteiger partial charge is 0.315 e. The molecule has 5 heteroatoms. The van der Waals surface area contributed by atoms with E-state index in [4.69, 9.17) is 0 Å². The molecule has 0 aromatic heterocycles. The van der Waals surface area contributed by atoms with Gasteiger partial charge in [0, 0.05) is 50.9 Å². The van der Waals surface area contributed by atoms with Crippen LogP contribution in [0.3, 0.4) is 0 Å². The predicted molar refractivity (Wildman–Crippen MR) is 74.5 cm³/mol. The summed E-state index contributed by atoms with van der Waals surface area (Å²) < 4.78 is 26.8. The van der Waals surface area contributed by atoms with E-state index in [1.165, 1.54) is 12.5 Å². The Kier molecular flexibility index (Phi) is 4.29. The van der Waals surface area contributed by atoms with Crippen LogP contribution in [0.15, 0.2) is 18.2 Å². The van der Waals surface area contributed by atoms with Gasteiger partial charge in [-0.15, -0.1) is 0 Å². The number of nitrogens with zero attached hydrogens (tertiary/aromatic N) is 2. The van der Waals surface area contributed by atoms with Crippen LogP contribution in [0.2, 0.25) is 0 Å². The minimum atomic E-state index is -0.752. The average Bonchev–Trinajstić information content (AvgIpc) is 2.99. The Labute approximate surface area is 118 Å². The first kappa shape index (κ1) is 13.9. The van der Waals surface area contributed by atoms with Crippen molar-refractivity contribution in [1.82, 2.24) is 15.1 Å². The minimum Gasteiger partial charge on any atom is -0.315 e. The fourth-order valence-electron chi connectivity index (χ4n) is 3.15. The third-order valence-corrected chi connectivity index (χ3v) is 4.38. The van der Waals surface area contributed by atoms with Crippen LogP contribution in [0.4, 0.5) is 8.78 Å². The number of benzene rings is 1. The highest BCUT2D eigenvalue weighted by atomic mass is 19.2. The fraction of sp³-hybridized carbons (Fsp3) is 0.600. The molecule has 1 aromatic rings. The number of halogens is 2. The number of nitrogens with one attached hydrogen (secondary N) is 1. The Morgan fingerprint density at radius 2 is 1.95 bits per heavy atom. The maximum Gasteiger partial charge on any atom is 0.163 e. The Morgan fingerprint density at radius 3 is 2.65 bits per heavy atom. The molecule has 0 radical (unpaired) electrons. The summed E-state index contributed by atoms with van der Waals surface area (Å²) in [6.45, 7) is 6.57. The van der Waals surface area contributed by atoms with Crippen molar-refractivity contribution in [2.75, 3.05) is 39.3 Å². The zero-order valence-electron chi connectivity index (χ0n) is 11.6. The lowest BCUT2D eigenvalue weighted by Gasteiger charge is -2.37. The smallest absolute Gasteiger partial charge is 0.163 e. The van der Waals surface area contributed by atoms with Crippen molar-refractivity contribution in [3.05, 3.63) is 35.4 Å². The molecule has 1 N–H and O–H groups in total. The Hall–Kier alpha value is -1.04. The highest BCUT2D eigenvalue weighted by molar-refractivity contribution is 5.18. The van der Waals surface area contributed by atoms with Crippen molar-refractivity contribution in [1.29, 1.82) is 0 Å². The number of hydrogen-bond acceptors (Lipinski definition) is 3. The van der Waals surface area contributed by atoms with Crippen LogP contribution in [-0.2, 0) is 6.54 Å². The molecule has 3 rings (SSSR count). The van der Waals surface area contributed by atoms with Crippen molar-refractivity contribution >= 4 is 0 Å². The first-order valence-electron chi connectivity index (χ1n) is 7.34. The molecule has 0 unspecified atom stereocenters. The van der Waals surface area contributed by atoms with Gasteiger partial charge < -0.3 is 5.32 Å². The van der Waals surface area contributed by atoms with Crippen LogP contribution in [0.25, 0.3) is 0 Å². The molecule has 2 heterocycles. The Balaban J connectivity index is 1.54. The first-order chi connectivity index (χ1) is 9.74. The zero-order valence-corrected chi connectivity index (χ0v) is 11.6. The molecule has 1 atom stereocenters. The van der Waals surface area contributed by atoms with Gasteiger partial charge >= 0.3 is 0 Å². The molecule has 0 amide bonds. The van der Waals surface area contributed by atoms with E-state index in [-0.39, 0.29) is 0 Å². The average molecular weight is 281 g/mol. The van der Waals surface area contributed by atoms with E-state index < -0.39 is 11.6 Å². The second-order valence-corrected chi connectivity index (χ2v) is 5.67. The molecule has 2 aliphatic heterocycles. The normalized spacial score (nSPS) is 25.2. The topological polar surface area (TPSA) is 18.5 Å². The zero-order chi connectivity index (χ0) is 13.9. The van der Waals surface area contributed by atoms with Crippen LogP contribution in [0.1, 0.15) is 12.0 Å². The summed E-state index contributed by atoms with van der Waals surface area (Å²) in [7, 11) is 0. The highest BCUT2D eigenvalue weighted by Crippen LogP contribution is 2.17. The molecule has 110 valence electrons. The Bertz CT molecular complexity index is 452. The molecule has 2 fully saturated rings. The third-order valence-electron chi connectivity index (χ3n) is 4.38. The number of hydrogen-bond donors (Lipinski definition) is 1. The van der Waals surface area contributed by atoms with E-state index in [0.29, 0.717) is 18.2 Å². The summed E-state index contributed by atoms with van der Waals surface area (Å²) >= 11 is 0. The van der Waals surface area contributed by atoms with Gasteiger partial charge in [0.2, 0.25) is 0 Å². The lowest BCUT2D eigenvalue weighted by molar-refractivity contribution is 0.0973. The molecule has 20 heavy (non-hydrogen) atoms. The molecule has 2 saturated heterocycles. The van der Waals surface area contributed by atoms with Crippen molar-refractivity contribution in [2.45, 2.75) is 19.0 Å². The van der Waals surface area contributed by atoms with Crippen LogP contribution < -0.4 is 5.32 Å².